The van der Waals surface area contributed by atoms with Crippen molar-refractivity contribution in [3.05, 3.63) is 35.4 Å². The third kappa shape index (κ3) is 6.63. The summed E-state index contributed by atoms with van der Waals surface area (Å²) in [6.07, 6.45) is 4.23. The molecule has 0 amide bonds. The highest BCUT2D eigenvalue weighted by Crippen LogP contribution is 2.35. The van der Waals surface area contributed by atoms with E-state index in [1.165, 1.54) is 6.08 Å². The Balaban J connectivity index is 1.92. The monoisotopic (exact) mass is 399 g/mol. The van der Waals surface area contributed by atoms with Gasteiger partial charge in [-0.25, -0.2) is 9.59 Å². The third-order valence-corrected chi connectivity index (χ3v) is 5.33. The lowest BCUT2D eigenvalue weighted by Gasteiger charge is -2.36. The van der Waals surface area contributed by atoms with Gasteiger partial charge >= 0.3 is 11.9 Å². The Morgan fingerprint density at radius 2 is 1.93 bits per heavy atom. The molecule has 2 rings (SSSR count). The fraction of sp³-hybridized carbons (Fsp3) is 0.522. The Kier molecular flexibility index (Phi) is 8.26. The second-order valence-electron chi connectivity index (χ2n) is 7.87. The largest absolute Gasteiger partial charge is 0.497 e. The van der Waals surface area contributed by atoms with Crippen LogP contribution in [-0.4, -0.2) is 31.8 Å². The Bertz CT molecular complexity index is 775. The lowest BCUT2D eigenvalue weighted by Crippen LogP contribution is -2.36. The molecule has 29 heavy (non-hydrogen) atoms. The van der Waals surface area contributed by atoms with Crippen LogP contribution in [0.5, 0.6) is 5.75 Å². The molecule has 0 unspecified atom stereocenters. The first-order valence-electron chi connectivity index (χ1n) is 9.96. The molecule has 1 fully saturated rings. The standard InChI is InChI=1S/C23H29NO5/c1-15(2)20-10-5-16(3)11-21(20)29-22(25)14-28-23(26)18(13-24)12-17-6-8-19(27-4)9-7-17/h6-9,12,15-16,20-21H,5,10-11,14H2,1-4H3/b18-12-/t16-,20-,21-/m1/s1. The molecule has 0 spiro atoms. The van der Waals surface area contributed by atoms with Crippen LogP contribution in [0.2, 0.25) is 0 Å². The molecule has 1 saturated carbocycles. The van der Waals surface area contributed by atoms with Crippen molar-refractivity contribution in [2.24, 2.45) is 17.8 Å². The minimum atomic E-state index is -0.849. The normalized spacial score (nSPS) is 21.9. The number of esters is 2. The van der Waals surface area contributed by atoms with E-state index in [0.717, 1.165) is 19.3 Å². The van der Waals surface area contributed by atoms with E-state index in [9.17, 15) is 14.9 Å². The third-order valence-electron chi connectivity index (χ3n) is 5.33. The van der Waals surface area contributed by atoms with Crippen LogP contribution in [0.3, 0.4) is 0 Å². The van der Waals surface area contributed by atoms with E-state index in [1.54, 1.807) is 31.4 Å². The van der Waals surface area contributed by atoms with Crippen molar-refractivity contribution in [2.75, 3.05) is 13.7 Å². The second kappa shape index (κ2) is 10.7. The van der Waals surface area contributed by atoms with Gasteiger partial charge in [-0.2, -0.15) is 5.26 Å². The summed E-state index contributed by atoms with van der Waals surface area (Å²) in [4.78, 5) is 24.4. The minimum Gasteiger partial charge on any atom is -0.497 e. The van der Waals surface area contributed by atoms with E-state index in [1.807, 2.05) is 6.07 Å². The number of hydrogen-bond donors (Lipinski definition) is 0. The number of nitriles is 1. The predicted octanol–water partition coefficient (Wildman–Crippen LogP) is 4.15. The quantitative estimate of drug-likeness (QED) is 0.389. The van der Waals surface area contributed by atoms with Crippen molar-refractivity contribution in [1.29, 1.82) is 5.26 Å². The maximum atomic E-state index is 12.2. The average Bonchev–Trinajstić information content (AvgIpc) is 2.70. The maximum Gasteiger partial charge on any atom is 0.349 e. The van der Waals surface area contributed by atoms with E-state index in [-0.39, 0.29) is 11.7 Å². The summed E-state index contributed by atoms with van der Waals surface area (Å²) in [5.74, 6) is 0.476. The smallest absolute Gasteiger partial charge is 0.349 e. The van der Waals surface area contributed by atoms with Gasteiger partial charge in [-0.05, 0) is 54.4 Å². The molecule has 156 valence electrons. The molecular weight excluding hydrogens is 370 g/mol. The van der Waals surface area contributed by atoms with E-state index < -0.39 is 18.5 Å². The van der Waals surface area contributed by atoms with Gasteiger partial charge < -0.3 is 14.2 Å². The fourth-order valence-corrected chi connectivity index (χ4v) is 3.66. The highest BCUT2D eigenvalue weighted by molar-refractivity contribution is 5.98. The lowest BCUT2D eigenvalue weighted by molar-refractivity contribution is -0.165. The summed E-state index contributed by atoms with van der Waals surface area (Å²) in [7, 11) is 1.55. The first-order chi connectivity index (χ1) is 13.8. The molecule has 0 heterocycles. The Labute approximate surface area is 172 Å². The summed E-state index contributed by atoms with van der Waals surface area (Å²) in [6.45, 7) is 5.91. The first-order valence-corrected chi connectivity index (χ1v) is 9.96. The lowest BCUT2D eigenvalue weighted by atomic mass is 9.75. The number of benzene rings is 1. The number of ether oxygens (including phenoxy) is 3. The van der Waals surface area contributed by atoms with Gasteiger partial charge in [0, 0.05) is 0 Å². The molecule has 0 aromatic heterocycles. The number of rotatable bonds is 7. The molecule has 0 bridgehead atoms. The van der Waals surface area contributed by atoms with E-state index in [0.29, 0.717) is 29.1 Å². The van der Waals surface area contributed by atoms with Crippen molar-refractivity contribution in [3.8, 4) is 11.8 Å². The Morgan fingerprint density at radius 1 is 1.24 bits per heavy atom. The molecule has 0 aliphatic heterocycles. The number of carbonyl (C=O) groups excluding carboxylic acids is 2. The summed E-state index contributed by atoms with van der Waals surface area (Å²) >= 11 is 0. The molecule has 1 aliphatic rings. The second-order valence-corrected chi connectivity index (χ2v) is 7.87. The SMILES string of the molecule is COc1ccc(/C=C(/C#N)C(=O)OCC(=O)O[C@@H]2C[C@H](C)CC[C@@H]2C(C)C)cc1. The summed E-state index contributed by atoms with van der Waals surface area (Å²) in [5.41, 5.74) is 0.465. The van der Waals surface area contributed by atoms with Crippen molar-refractivity contribution in [1.82, 2.24) is 0 Å². The Morgan fingerprint density at radius 3 is 2.52 bits per heavy atom. The van der Waals surface area contributed by atoms with Crippen LogP contribution in [-0.2, 0) is 19.1 Å². The predicted molar refractivity (Wildman–Crippen MR) is 109 cm³/mol. The maximum absolute atomic E-state index is 12.2. The van der Waals surface area contributed by atoms with Crippen molar-refractivity contribution in [2.45, 2.75) is 46.1 Å². The highest BCUT2D eigenvalue weighted by Gasteiger charge is 2.33. The van der Waals surface area contributed by atoms with Gasteiger partial charge in [0.05, 0.1) is 7.11 Å². The topological polar surface area (TPSA) is 85.6 Å². The van der Waals surface area contributed by atoms with Gasteiger partial charge in [-0.3, -0.25) is 0 Å². The molecule has 3 atom stereocenters. The number of methoxy groups -OCH3 is 1. The van der Waals surface area contributed by atoms with Crippen LogP contribution < -0.4 is 4.74 Å². The molecule has 1 aromatic carbocycles. The number of hydrogen-bond acceptors (Lipinski definition) is 6. The number of carbonyl (C=O) groups is 2. The zero-order chi connectivity index (χ0) is 21.4. The molecule has 6 nitrogen and oxygen atoms in total. The van der Waals surface area contributed by atoms with Gasteiger partial charge in [-0.15, -0.1) is 0 Å². The molecule has 6 heteroatoms. The van der Waals surface area contributed by atoms with E-state index >= 15 is 0 Å². The molecule has 1 aromatic rings. The van der Waals surface area contributed by atoms with E-state index in [4.69, 9.17) is 14.2 Å². The van der Waals surface area contributed by atoms with Crippen LogP contribution in [0.15, 0.2) is 29.8 Å². The van der Waals surface area contributed by atoms with Gasteiger partial charge in [-0.1, -0.05) is 39.3 Å². The fourth-order valence-electron chi connectivity index (χ4n) is 3.66. The first kappa shape index (κ1) is 22.5. The number of nitrogens with zero attached hydrogens (tertiary/aromatic N) is 1. The summed E-state index contributed by atoms with van der Waals surface area (Å²) in [6, 6.07) is 8.69. The van der Waals surface area contributed by atoms with Gasteiger partial charge in [0.2, 0.25) is 0 Å². The van der Waals surface area contributed by atoms with Crippen molar-refractivity contribution >= 4 is 18.0 Å². The van der Waals surface area contributed by atoms with Crippen LogP contribution in [0, 0.1) is 29.1 Å². The van der Waals surface area contributed by atoms with Crippen LogP contribution >= 0.6 is 0 Å². The molecule has 0 saturated heterocycles. The highest BCUT2D eigenvalue weighted by atomic mass is 16.6. The van der Waals surface area contributed by atoms with Crippen LogP contribution in [0.4, 0.5) is 0 Å². The van der Waals surface area contributed by atoms with Crippen molar-refractivity contribution in [3.63, 3.8) is 0 Å². The van der Waals surface area contributed by atoms with Gasteiger partial charge in [0.15, 0.2) is 6.61 Å². The average molecular weight is 399 g/mol. The van der Waals surface area contributed by atoms with Crippen LogP contribution in [0.25, 0.3) is 6.08 Å². The summed E-state index contributed by atoms with van der Waals surface area (Å²) in [5, 5.41) is 9.25. The van der Waals surface area contributed by atoms with Crippen molar-refractivity contribution < 1.29 is 23.8 Å². The summed E-state index contributed by atoms with van der Waals surface area (Å²) < 4.78 is 15.7. The molecular formula is C23H29NO5. The zero-order valence-electron chi connectivity index (χ0n) is 17.5. The van der Waals surface area contributed by atoms with Gasteiger partial charge in [0.25, 0.3) is 0 Å². The van der Waals surface area contributed by atoms with E-state index in [2.05, 4.69) is 20.8 Å². The molecule has 1 aliphatic carbocycles. The minimum absolute atomic E-state index is 0.157. The zero-order valence-corrected chi connectivity index (χ0v) is 17.5. The molecule has 0 radical (unpaired) electrons. The van der Waals surface area contributed by atoms with Gasteiger partial charge in [0.1, 0.15) is 23.5 Å². The van der Waals surface area contributed by atoms with Crippen LogP contribution in [0.1, 0.15) is 45.6 Å². The molecule has 0 N–H and O–H groups in total. The Hall–Kier alpha value is -2.81.